The molecule has 0 aliphatic carbocycles. The molecule has 90 valence electrons. The van der Waals surface area contributed by atoms with Crippen molar-refractivity contribution in [3.63, 3.8) is 0 Å². The first kappa shape index (κ1) is 12.2. The van der Waals surface area contributed by atoms with Crippen LogP contribution in [0.1, 0.15) is 18.9 Å². The number of aromatic nitrogens is 1. The van der Waals surface area contributed by atoms with Crippen molar-refractivity contribution in [3.05, 3.63) is 29.3 Å². The van der Waals surface area contributed by atoms with Gasteiger partial charge in [-0.05, 0) is 12.1 Å². The van der Waals surface area contributed by atoms with Gasteiger partial charge in [-0.3, -0.25) is 4.79 Å². The fourth-order valence-corrected chi connectivity index (χ4v) is 2.45. The van der Waals surface area contributed by atoms with E-state index >= 15 is 0 Å². The Balaban J connectivity index is 2.22. The molecule has 0 spiro atoms. The number of thiazole rings is 1. The van der Waals surface area contributed by atoms with Gasteiger partial charge in [0, 0.05) is 12.0 Å². The normalized spacial score (nSPS) is 11.9. The molecule has 4 heteroatoms. The predicted octanol–water partition coefficient (Wildman–Crippen LogP) is 2.39. The average molecular weight is 248 g/mol. The lowest BCUT2D eigenvalue weighted by molar-refractivity contribution is -0.125. The van der Waals surface area contributed by atoms with E-state index in [1.165, 1.54) is 0 Å². The van der Waals surface area contributed by atoms with Gasteiger partial charge in [-0.25, -0.2) is 4.98 Å². The molecule has 0 unspecified atom stereocenters. The summed E-state index contributed by atoms with van der Waals surface area (Å²) in [6.07, 6.45) is 0.379. The molecule has 1 aromatic heterocycles. The van der Waals surface area contributed by atoms with Gasteiger partial charge in [-0.1, -0.05) is 26.0 Å². The van der Waals surface area contributed by atoms with Crippen molar-refractivity contribution in [1.29, 1.82) is 0 Å². The molecule has 0 bridgehead atoms. The summed E-state index contributed by atoms with van der Waals surface area (Å²) in [7, 11) is 0. The second-order valence-corrected chi connectivity index (χ2v) is 5.88. The number of Topliss-reactive ketones (excluding diaryl/α,β-unsaturated/α-hetero) is 1. The molecule has 0 atom stereocenters. The molecular weight excluding hydrogens is 232 g/mol. The number of rotatable bonds is 4. The molecule has 3 nitrogen and oxygen atoms in total. The predicted molar refractivity (Wildman–Crippen MR) is 71.2 cm³/mol. The summed E-state index contributed by atoms with van der Waals surface area (Å²) < 4.78 is 1.13. The van der Waals surface area contributed by atoms with Gasteiger partial charge in [0.05, 0.1) is 16.6 Å². The third-order valence-corrected chi connectivity index (χ3v) is 3.95. The molecule has 2 N–H and O–H groups in total. The Labute approximate surface area is 105 Å². The second-order valence-electron chi connectivity index (χ2n) is 4.76. The van der Waals surface area contributed by atoms with Crippen molar-refractivity contribution in [2.45, 2.75) is 20.3 Å². The van der Waals surface area contributed by atoms with E-state index in [-0.39, 0.29) is 5.78 Å². The number of fused-ring (bicyclic) bond motifs is 1. The van der Waals surface area contributed by atoms with Crippen LogP contribution in [0.2, 0.25) is 0 Å². The number of hydrogen-bond acceptors (Lipinski definition) is 4. The third-order valence-electron chi connectivity index (χ3n) is 2.92. The molecule has 2 rings (SSSR count). The molecule has 0 saturated carbocycles. The van der Waals surface area contributed by atoms with Crippen molar-refractivity contribution in [3.8, 4) is 0 Å². The number of carbonyl (C=O) groups is 1. The molecule has 0 aliphatic heterocycles. The fraction of sp³-hybridized carbons (Fsp3) is 0.385. The smallest absolute Gasteiger partial charge is 0.146 e. The highest BCUT2D eigenvalue weighted by Gasteiger charge is 2.26. The van der Waals surface area contributed by atoms with Crippen molar-refractivity contribution < 1.29 is 4.79 Å². The van der Waals surface area contributed by atoms with E-state index in [9.17, 15) is 4.79 Å². The molecular formula is C13H16N2OS. The van der Waals surface area contributed by atoms with E-state index in [2.05, 4.69) is 4.98 Å². The lowest BCUT2D eigenvalue weighted by atomic mass is 9.87. The van der Waals surface area contributed by atoms with Crippen LogP contribution in [0, 0.1) is 5.41 Å². The van der Waals surface area contributed by atoms with Crippen LogP contribution in [-0.2, 0) is 11.2 Å². The van der Waals surface area contributed by atoms with Crippen molar-refractivity contribution in [2.75, 3.05) is 6.54 Å². The first-order valence-electron chi connectivity index (χ1n) is 5.61. The van der Waals surface area contributed by atoms with Crippen LogP contribution in [0.25, 0.3) is 10.2 Å². The zero-order valence-electron chi connectivity index (χ0n) is 10.1. The van der Waals surface area contributed by atoms with Crippen LogP contribution >= 0.6 is 11.3 Å². The summed E-state index contributed by atoms with van der Waals surface area (Å²) in [5.41, 5.74) is 6.10. The van der Waals surface area contributed by atoms with Gasteiger partial charge in [0.15, 0.2) is 0 Å². The molecule has 1 heterocycles. The minimum absolute atomic E-state index is 0.152. The molecule has 17 heavy (non-hydrogen) atoms. The lowest BCUT2D eigenvalue weighted by Gasteiger charge is -2.19. The van der Waals surface area contributed by atoms with Gasteiger partial charge in [-0.15, -0.1) is 11.3 Å². The molecule has 0 saturated heterocycles. The molecule has 0 aliphatic rings. The summed E-state index contributed by atoms with van der Waals surface area (Å²) in [6.45, 7) is 4.13. The van der Waals surface area contributed by atoms with Crippen molar-refractivity contribution in [2.24, 2.45) is 11.1 Å². The SMILES string of the molecule is CC(C)(CN)C(=O)Cc1nc2ccccc2s1. The Morgan fingerprint density at radius 3 is 2.76 bits per heavy atom. The third kappa shape index (κ3) is 2.53. The van der Waals surface area contributed by atoms with Crippen LogP contribution in [0.4, 0.5) is 0 Å². The van der Waals surface area contributed by atoms with Gasteiger partial charge in [-0.2, -0.15) is 0 Å². The first-order chi connectivity index (χ1) is 8.03. The Hall–Kier alpha value is -1.26. The van der Waals surface area contributed by atoms with Gasteiger partial charge in [0.1, 0.15) is 10.8 Å². The molecule has 0 radical (unpaired) electrons. The zero-order chi connectivity index (χ0) is 12.5. The lowest BCUT2D eigenvalue weighted by Crippen LogP contribution is -2.33. The van der Waals surface area contributed by atoms with E-state index in [0.717, 1.165) is 15.2 Å². The zero-order valence-corrected chi connectivity index (χ0v) is 10.9. The van der Waals surface area contributed by atoms with E-state index in [0.29, 0.717) is 13.0 Å². The number of hydrogen-bond donors (Lipinski definition) is 1. The van der Waals surface area contributed by atoms with E-state index in [1.54, 1.807) is 11.3 Å². The number of ketones is 1. The largest absolute Gasteiger partial charge is 0.329 e. The summed E-state index contributed by atoms with van der Waals surface area (Å²) in [5, 5.41) is 0.873. The van der Waals surface area contributed by atoms with Gasteiger partial charge < -0.3 is 5.73 Å². The Morgan fingerprint density at radius 1 is 1.41 bits per heavy atom. The Kier molecular flexibility index (Phi) is 3.26. The summed E-state index contributed by atoms with van der Waals surface area (Å²) in [6, 6.07) is 7.93. The highest BCUT2D eigenvalue weighted by Crippen LogP contribution is 2.24. The minimum Gasteiger partial charge on any atom is -0.329 e. The monoisotopic (exact) mass is 248 g/mol. The van der Waals surface area contributed by atoms with Crippen LogP contribution in [0.5, 0.6) is 0 Å². The number of nitrogens with zero attached hydrogens (tertiary/aromatic N) is 1. The maximum absolute atomic E-state index is 12.0. The van der Waals surface area contributed by atoms with Crippen LogP contribution in [0.15, 0.2) is 24.3 Å². The van der Waals surface area contributed by atoms with Gasteiger partial charge in [0.25, 0.3) is 0 Å². The molecule has 0 amide bonds. The second kappa shape index (κ2) is 4.55. The van der Waals surface area contributed by atoms with E-state index < -0.39 is 5.41 Å². The van der Waals surface area contributed by atoms with E-state index in [4.69, 9.17) is 5.73 Å². The van der Waals surface area contributed by atoms with Crippen molar-refractivity contribution in [1.82, 2.24) is 4.98 Å². The standard InChI is InChI=1S/C13H16N2OS/c1-13(2,8-14)11(16)7-12-15-9-5-3-4-6-10(9)17-12/h3-6H,7-8,14H2,1-2H3. The fourth-order valence-electron chi connectivity index (χ4n) is 1.49. The maximum atomic E-state index is 12.0. The maximum Gasteiger partial charge on any atom is 0.146 e. The number of para-hydroxylation sites is 1. The van der Waals surface area contributed by atoms with Crippen molar-refractivity contribution >= 4 is 27.3 Å². The highest BCUT2D eigenvalue weighted by atomic mass is 32.1. The van der Waals surface area contributed by atoms with E-state index in [1.807, 2.05) is 38.1 Å². The topological polar surface area (TPSA) is 56.0 Å². The van der Waals surface area contributed by atoms with Crippen LogP contribution < -0.4 is 5.73 Å². The summed E-state index contributed by atoms with van der Waals surface area (Å²) in [4.78, 5) is 16.5. The highest BCUT2D eigenvalue weighted by molar-refractivity contribution is 7.18. The van der Waals surface area contributed by atoms with Gasteiger partial charge in [0.2, 0.25) is 0 Å². The van der Waals surface area contributed by atoms with Gasteiger partial charge >= 0.3 is 0 Å². The summed E-state index contributed by atoms with van der Waals surface area (Å²) in [5.74, 6) is 0.152. The number of nitrogens with two attached hydrogens (primary N) is 1. The minimum atomic E-state index is -0.460. The van der Waals surface area contributed by atoms with Crippen LogP contribution in [-0.4, -0.2) is 17.3 Å². The summed E-state index contributed by atoms with van der Waals surface area (Å²) >= 11 is 1.58. The molecule has 1 aromatic carbocycles. The van der Waals surface area contributed by atoms with Crippen LogP contribution in [0.3, 0.4) is 0 Å². The Morgan fingerprint density at radius 2 is 2.12 bits per heavy atom. The molecule has 2 aromatic rings. The first-order valence-corrected chi connectivity index (χ1v) is 6.42. The Bertz CT molecular complexity index is 512. The number of carbonyl (C=O) groups excluding carboxylic acids is 1. The quantitative estimate of drug-likeness (QED) is 0.904. The number of benzene rings is 1. The average Bonchev–Trinajstić information content (AvgIpc) is 2.70. The molecule has 0 fully saturated rings.